The Labute approximate surface area is 81.4 Å². The van der Waals surface area contributed by atoms with Crippen LogP contribution in [-0.4, -0.2) is 55.6 Å². The zero-order valence-corrected chi connectivity index (χ0v) is 7.72. The summed E-state index contributed by atoms with van der Waals surface area (Å²) in [6, 6.07) is 0. The van der Waals surface area contributed by atoms with Gasteiger partial charge in [-0.25, -0.2) is 4.79 Å². The normalized spacial score (nSPS) is 10.5. The molecule has 7 heteroatoms. The predicted molar refractivity (Wildman–Crippen MR) is 45.4 cm³/mol. The van der Waals surface area contributed by atoms with Crippen molar-refractivity contribution in [1.82, 2.24) is 0 Å². The van der Waals surface area contributed by atoms with Crippen LogP contribution in [-0.2, 0) is 14.2 Å². The van der Waals surface area contributed by atoms with Crippen molar-refractivity contribution in [1.29, 1.82) is 0 Å². The monoisotopic (exact) mass is 209 g/mol. The Kier molecular flexibility index (Phi) is 8.14. The average Bonchev–Trinajstić information content (AvgIpc) is 2.16. The third-order valence-corrected chi connectivity index (χ3v) is 1.15. The second-order valence-electron chi connectivity index (χ2n) is 2.25. The SMILES string of the molecule is NC(=O)OCC(OCCO)OCCO. The van der Waals surface area contributed by atoms with Crippen molar-refractivity contribution in [2.24, 2.45) is 5.73 Å². The maximum Gasteiger partial charge on any atom is 0.404 e. The molecule has 0 aromatic carbocycles. The minimum Gasteiger partial charge on any atom is -0.444 e. The Hall–Kier alpha value is -0.890. The summed E-state index contributed by atoms with van der Waals surface area (Å²) in [4.78, 5) is 10.2. The lowest BCUT2D eigenvalue weighted by Crippen LogP contribution is -2.29. The summed E-state index contributed by atoms with van der Waals surface area (Å²) in [5.41, 5.74) is 4.73. The van der Waals surface area contributed by atoms with E-state index >= 15 is 0 Å². The third-order valence-electron chi connectivity index (χ3n) is 1.15. The third kappa shape index (κ3) is 7.74. The molecule has 0 bridgehead atoms. The van der Waals surface area contributed by atoms with E-state index in [1.54, 1.807) is 0 Å². The summed E-state index contributed by atoms with van der Waals surface area (Å²) in [5, 5.41) is 16.9. The first kappa shape index (κ1) is 13.1. The minimum absolute atomic E-state index is 0.0538. The number of nitrogens with two attached hydrogens (primary N) is 1. The van der Waals surface area contributed by atoms with Crippen molar-refractivity contribution in [3.8, 4) is 0 Å². The number of carbonyl (C=O) groups is 1. The number of hydrogen-bond donors (Lipinski definition) is 3. The van der Waals surface area contributed by atoms with Crippen molar-refractivity contribution >= 4 is 6.09 Å². The van der Waals surface area contributed by atoms with E-state index in [2.05, 4.69) is 4.74 Å². The largest absolute Gasteiger partial charge is 0.444 e. The van der Waals surface area contributed by atoms with Crippen LogP contribution in [0, 0.1) is 0 Å². The lowest BCUT2D eigenvalue weighted by molar-refractivity contribution is -0.170. The van der Waals surface area contributed by atoms with Crippen molar-refractivity contribution in [3.05, 3.63) is 0 Å². The number of amides is 1. The molecule has 1 amide bonds. The van der Waals surface area contributed by atoms with E-state index < -0.39 is 12.4 Å². The van der Waals surface area contributed by atoms with E-state index in [4.69, 9.17) is 25.4 Å². The molecule has 0 aliphatic carbocycles. The number of aliphatic hydroxyl groups excluding tert-OH is 2. The van der Waals surface area contributed by atoms with Crippen LogP contribution >= 0.6 is 0 Å². The Morgan fingerprint density at radius 3 is 2.07 bits per heavy atom. The van der Waals surface area contributed by atoms with E-state index in [9.17, 15) is 4.79 Å². The Bertz CT molecular complexity index is 145. The van der Waals surface area contributed by atoms with Crippen molar-refractivity contribution < 1.29 is 29.2 Å². The highest BCUT2D eigenvalue weighted by atomic mass is 16.7. The van der Waals surface area contributed by atoms with E-state index in [0.29, 0.717) is 0 Å². The first-order valence-electron chi connectivity index (χ1n) is 4.08. The van der Waals surface area contributed by atoms with E-state index in [1.165, 1.54) is 0 Å². The fourth-order valence-electron chi connectivity index (χ4n) is 0.663. The number of hydrogen-bond acceptors (Lipinski definition) is 6. The van der Waals surface area contributed by atoms with Crippen LogP contribution < -0.4 is 5.73 Å². The van der Waals surface area contributed by atoms with Gasteiger partial charge in [0.15, 0.2) is 6.29 Å². The highest BCUT2D eigenvalue weighted by molar-refractivity contribution is 5.64. The second kappa shape index (κ2) is 8.70. The van der Waals surface area contributed by atoms with Crippen LogP contribution in [0.5, 0.6) is 0 Å². The summed E-state index contributed by atoms with van der Waals surface area (Å²) >= 11 is 0. The van der Waals surface area contributed by atoms with Crippen molar-refractivity contribution in [3.63, 3.8) is 0 Å². The molecule has 0 radical (unpaired) electrons. The Morgan fingerprint density at radius 2 is 1.71 bits per heavy atom. The molecule has 0 unspecified atom stereocenters. The number of ether oxygens (including phenoxy) is 3. The number of primary amides is 1. The van der Waals surface area contributed by atoms with Gasteiger partial charge in [0.2, 0.25) is 0 Å². The van der Waals surface area contributed by atoms with E-state index in [-0.39, 0.29) is 33.0 Å². The fourth-order valence-corrected chi connectivity index (χ4v) is 0.663. The molecule has 0 saturated heterocycles. The molecule has 0 heterocycles. The van der Waals surface area contributed by atoms with Gasteiger partial charge in [-0.3, -0.25) is 0 Å². The first-order valence-corrected chi connectivity index (χ1v) is 4.08. The summed E-state index contributed by atoms with van der Waals surface area (Å²) in [5.74, 6) is 0. The van der Waals surface area contributed by atoms with Crippen molar-refractivity contribution in [2.75, 3.05) is 33.0 Å². The van der Waals surface area contributed by atoms with Crippen LogP contribution in [0.25, 0.3) is 0 Å². The van der Waals surface area contributed by atoms with Crippen LogP contribution in [0.4, 0.5) is 4.79 Å². The quantitative estimate of drug-likeness (QED) is 0.416. The predicted octanol–water partition coefficient (Wildman–Crippen LogP) is -1.57. The summed E-state index contributed by atoms with van der Waals surface area (Å²) < 4.78 is 14.3. The van der Waals surface area contributed by atoms with Gasteiger partial charge in [0.05, 0.1) is 26.4 Å². The van der Waals surface area contributed by atoms with Crippen LogP contribution in [0.2, 0.25) is 0 Å². The van der Waals surface area contributed by atoms with Crippen LogP contribution in [0.15, 0.2) is 0 Å². The van der Waals surface area contributed by atoms with Gasteiger partial charge in [-0.1, -0.05) is 0 Å². The number of rotatable bonds is 8. The van der Waals surface area contributed by atoms with E-state index in [1.807, 2.05) is 0 Å². The summed E-state index contributed by atoms with van der Waals surface area (Å²) in [6.45, 7) is -0.406. The van der Waals surface area contributed by atoms with E-state index in [0.717, 1.165) is 0 Å². The topological polar surface area (TPSA) is 111 Å². The molecule has 0 spiro atoms. The molecule has 14 heavy (non-hydrogen) atoms. The molecule has 0 aliphatic rings. The Morgan fingerprint density at radius 1 is 1.21 bits per heavy atom. The molecule has 84 valence electrons. The number of carbonyl (C=O) groups excluding carboxylic acids is 1. The minimum atomic E-state index is -0.935. The Balaban J connectivity index is 3.65. The maximum absolute atomic E-state index is 10.2. The number of aliphatic hydroxyl groups is 2. The van der Waals surface area contributed by atoms with Gasteiger partial charge < -0.3 is 30.2 Å². The fraction of sp³-hybridized carbons (Fsp3) is 0.857. The van der Waals surface area contributed by atoms with Crippen molar-refractivity contribution in [2.45, 2.75) is 6.29 Å². The van der Waals surface area contributed by atoms with Gasteiger partial charge in [-0.2, -0.15) is 0 Å². The lowest BCUT2D eigenvalue weighted by atomic mass is 10.6. The molecular weight excluding hydrogens is 194 g/mol. The van der Waals surface area contributed by atoms with Gasteiger partial charge in [0.25, 0.3) is 0 Å². The molecule has 0 aromatic rings. The summed E-state index contributed by atoms with van der Waals surface area (Å²) in [6.07, 6.45) is -1.75. The molecule has 0 fully saturated rings. The molecule has 0 atom stereocenters. The highest BCUT2D eigenvalue weighted by Crippen LogP contribution is 1.96. The van der Waals surface area contributed by atoms with Crippen LogP contribution in [0.3, 0.4) is 0 Å². The molecular formula is C7H15NO6. The van der Waals surface area contributed by atoms with Gasteiger partial charge in [0.1, 0.15) is 6.61 Å². The molecule has 0 rings (SSSR count). The summed E-state index contributed by atoms with van der Waals surface area (Å²) in [7, 11) is 0. The van der Waals surface area contributed by atoms with Crippen LogP contribution in [0.1, 0.15) is 0 Å². The van der Waals surface area contributed by atoms with Gasteiger partial charge in [0, 0.05) is 0 Å². The zero-order chi connectivity index (χ0) is 10.8. The smallest absolute Gasteiger partial charge is 0.404 e. The molecule has 0 aliphatic heterocycles. The zero-order valence-electron chi connectivity index (χ0n) is 7.72. The molecule has 4 N–H and O–H groups in total. The standard InChI is InChI=1S/C7H15NO6/c8-7(11)14-5-6(12-3-1-9)13-4-2-10/h6,9-10H,1-5H2,(H2,8,11). The molecule has 7 nitrogen and oxygen atoms in total. The maximum atomic E-state index is 10.2. The average molecular weight is 209 g/mol. The first-order chi connectivity index (χ1) is 6.70. The van der Waals surface area contributed by atoms with Gasteiger partial charge in [-0.15, -0.1) is 0 Å². The molecule has 0 aromatic heterocycles. The second-order valence-corrected chi connectivity index (χ2v) is 2.25. The lowest BCUT2D eigenvalue weighted by Gasteiger charge is -2.16. The highest BCUT2D eigenvalue weighted by Gasteiger charge is 2.10. The van der Waals surface area contributed by atoms with Gasteiger partial charge >= 0.3 is 6.09 Å². The van der Waals surface area contributed by atoms with Gasteiger partial charge in [-0.05, 0) is 0 Å². The molecule has 0 saturated carbocycles.